The second-order valence-electron chi connectivity index (χ2n) is 13.4. The van der Waals surface area contributed by atoms with Crippen LogP contribution in [-0.4, -0.2) is 15.2 Å². The second kappa shape index (κ2) is 9.07. The molecule has 0 radical (unpaired) electrons. The average Bonchev–Trinajstić information content (AvgIpc) is 2.49. The Morgan fingerprint density at radius 3 is 1.13 bits per heavy atom. The maximum Gasteiger partial charge on any atom is 0.0904 e. The van der Waals surface area contributed by atoms with Crippen molar-refractivity contribution in [3.05, 3.63) is 28.8 Å². The van der Waals surface area contributed by atoms with Crippen molar-refractivity contribution in [1.82, 2.24) is 0 Å². The van der Waals surface area contributed by atoms with Crippen molar-refractivity contribution in [1.29, 1.82) is 0 Å². The molecule has 3 heteroatoms. The van der Waals surface area contributed by atoms with E-state index in [-0.39, 0.29) is 0 Å². The molecule has 0 fully saturated rings. The molecule has 0 heterocycles. The van der Waals surface area contributed by atoms with E-state index in [9.17, 15) is 0 Å². The van der Waals surface area contributed by atoms with E-state index in [1.54, 1.807) is 16.3 Å². The van der Waals surface area contributed by atoms with Crippen molar-refractivity contribution in [2.45, 2.75) is 137 Å². The average molecular weight is 463 g/mol. The molecule has 0 saturated heterocycles. The summed E-state index contributed by atoms with van der Waals surface area (Å²) in [6.45, 7) is 37.0. The van der Waals surface area contributed by atoms with Crippen molar-refractivity contribution in [3.8, 4) is 0 Å². The third kappa shape index (κ3) is 4.81. The van der Waals surface area contributed by atoms with Crippen LogP contribution >= 0.6 is 8.38 Å². The fourth-order valence-electron chi connectivity index (χ4n) is 6.93. The van der Waals surface area contributed by atoms with Gasteiger partial charge in [0.1, 0.15) is 0 Å². The first-order chi connectivity index (χ1) is 13.2. The Bertz CT molecular complexity index is 700. The van der Waals surface area contributed by atoms with Crippen molar-refractivity contribution >= 4 is 28.7 Å². The van der Waals surface area contributed by atoms with E-state index in [4.69, 9.17) is 0 Å². The summed E-state index contributed by atoms with van der Waals surface area (Å²) in [6, 6.07) is 5.10. The third-order valence-corrected chi connectivity index (χ3v) is 29.6. The molecule has 0 aliphatic rings. The van der Waals surface area contributed by atoms with Crippen molar-refractivity contribution in [2.75, 3.05) is 0 Å². The summed E-state index contributed by atoms with van der Waals surface area (Å²) in [5.74, 6) is 1.65. The van der Waals surface area contributed by atoms with Crippen LogP contribution in [0, 0.1) is 0 Å². The highest BCUT2D eigenvalue weighted by atomic mass is 31.2. The summed E-state index contributed by atoms with van der Waals surface area (Å²) >= 11 is 0. The molecule has 30 heavy (non-hydrogen) atoms. The van der Waals surface area contributed by atoms with Crippen molar-refractivity contribution in [2.24, 2.45) is 0 Å². The Kier molecular flexibility index (Phi) is 8.46. The van der Waals surface area contributed by atoms with E-state index in [0.717, 1.165) is 0 Å². The first kappa shape index (κ1) is 28.0. The molecule has 0 nitrogen and oxygen atoms in total. The van der Waals surface area contributed by atoms with Gasteiger partial charge in [-0.05, 0) is 54.7 Å². The minimum absolute atomic E-state index is 0.290. The Morgan fingerprint density at radius 1 is 0.633 bits per heavy atom. The van der Waals surface area contributed by atoms with Crippen molar-refractivity contribution in [3.63, 3.8) is 0 Å². The molecule has 0 bridgehead atoms. The molecule has 0 atom stereocenters. The highest BCUT2D eigenvalue weighted by molar-refractivity contribution is 7.63. The van der Waals surface area contributed by atoms with Gasteiger partial charge < -0.3 is 0 Å². The Labute approximate surface area is 194 Å². The van der Waals surface area contributed by atoms with Crippen molar-refractivity contribution < 1.29 is 0 Å². The number of hydrogen-bond donors (Lipinski definition) is 0. The Hall–Kier alpha value is -0.0462. The van der Waals surface area contributed by atoms with Crippen LogP contribution < -0.4 is 5.19 Å². The first-order valence-electron chi connectivity index (χ1n) is 12.0. The monoisotopic (exact) mass is 462 g/mol. The summed E-state index contributed by atoms with van der Waals surface area (Å²) in [5, 5.41) is 2.58. The van der Waals surface area contributed by atoms with Crippen LogP contribution in [0.3, 0.4) is 0 Å². The van der Waals surface area contributed by atoms with Crippen LogP contribution in [0.2, 0.25) is 15.1 Å². The quantitative estimate of drug-likeness (QED) is 0.302. The van der Waals surface area contributed by atoms with Crippen LogP contribution in [0.4, 0.5) is 0 Å². The summed E-state index contributed by atoms with van der Waals surface area (Å²) in [5.41, 5.74) is 4.70. The summed E-state index contributed by atoms with van der Waals surface area (Å²) in [4.78, 5) is 0. The predicted molar refractivity (Wildman–Crippen MR) is 147 cm³/mol. The zero-order valence-electron chi connectivity index (χ0n) is 22.9. The van der Waals surface area contributed by atoms with Gasteiger partial charge in [-0.15, -0.1) is 0 Å². The topological polar surface area (TPSA) is 0 Å². The van der Waals surface area contributed by atoms with Gasteiger partial charge in [0.2, 0.25) is 0 Å². The van der Waals surface area contributed by atoms with E-state index in [1.165, 1.54) is 5.56 Å². The van der Waals surface area contributed by atoms with Gasteiger partial charge in [-0.3, -0.25) is 0 Å². The molecule has 0 saturated carbocycles. The molecule has 0 aliphatic carbocycles. The van der Waals surface area contributed by atoms with E-state index in [2.05, 4.69) is 124 Å². The molecule has 1 rings (SSSR count). The summed E-state index contributed by atoms with van der Waals surface area (Å²) in [7, 11) is 1.74. The lowest BCUT2D eigenvalue weighted by atomic mass is 9.89. The van der Waals surface area contributed by atoms with Gasteiger partial charge in [0.25, 0.3) is 0 Å². The minimum atomic E-state index is -1.93. The zero-order valence-corrected chi connectivity index (χ0v) is 25.9. The standard InChI is InChI=1S/C27H51PSi2/c1-18(2)21-16-22(19(3)4)24(23(17-21)20(5)6)29(28)30(25(7,8)9,26(10,11)12)27(13,14)15/h16-20,28H,1-15H3. The summed E-state index contributed by atoms with van der Waals surface area (Å²) < 4.78 is 0. The fraction of sp³-hybridized carbons (Fsp3) is 0.778. The second-order valence-corrected chi connectivity index (χ2v) is 27.4. The zero-order chi connectivity index (χ0) is 24.0. The van der Waals surface area contributed by atoms with Gasteiger partial charge in [0.05, 0.1) is 15.2 Å². The van der Waals surface area contributed by atoms with Crippen LogP contribution in [0.1, 0.15) is 138 Å². The van der Waals surface area contributed by atoms with Gasteiger partial charge in [-0.1, -0.05) is 116 Å². The number of rotatable bonds is 5. The van der Waals surface area contributed by atoms with Gasteiger partial charge in [0, 0.05) is 0 Å². The molecular weight excluding hydrogens is 411 g/mol. The smallest absolute Gasteiger partial charge is 0.0904 e. The molecular formula is C27H51PSi2. The highest BCUT2D eigenvalue weighted by Crippen LogP contribution is 2.62. The minimum Gasteiger partial charge on any atom is -0.151 e. The first-order valence-corrected chi connectivity index (χ1v) is 18.0. The van der Waals surface area contributed by atoms with Gasteiger partial charge >= 0.3 is 0 Å². The largest absolute Gasteiger partial charge is 0.151 e. The SMILES string of the molecule is CC(C)c1cc(C(C)C)c([Si](=P)[Si](C(C)(C)C)(C(C)(C)C)C(C)(C)C)c(C(C)C)c1. The fourth-order valence-corrected chi connectivity index (χ4v) is 37.3. The highest BCUT2D eigenvalue weighted by Gasteiger charge is 2.62. The maximum absolute atomic E-state index is 4.65. The van der Waals surface area contributed by atoms with Crippen LogP contribution in [0.15, 0.2) is 12.1 Å². The van der Waals surface area contributed by atoms with E-state index >= 15 is 0 Å². The van der Waals surface area contributed by atoms with Crippen LogP contribution in [0.25, 0.3) is 0 Å². The molecule has 0 spiro atoms. The number of benzene rings is 1. The Balaban J connectivity index is 4.21. The lowest BCUT2D eigenvalue weighted by Crippen LogP contribution is -2.68. The van der Waals surface area contributed by atoms with Gasteiger partial charge in [-0.25, -0.2) is 0 Å². The third-order valence-electron chi connectivity index (χ3n) is 7.13. The lowest BCUT2D eigenvalue weighted by Gasteiger charge is -2.60. The van der Waals surface area contributed by atoms with Gasteiger partial charge in [0.15, 0.2) is 0 Å². The molecule has 1 aromatic rings. The maximum atomic E-state index is 4.65. The number of hydrogen-bond acceptors (Lipinski definition) is 0. The van der Waals surface area contributed by atoms with Gasteiger partial charge in [-0.2, -0.15) is 8.38 Å². The van der Waals surface area contributed by atoms with E-state index in [1.807, 2.05) is 0 Å². The Morgan fingerprint density at radius 2 is 0.933 bits per heavy atom. The molecule has 0 amide bonds. The normalized spacial score (nSPS) is 14.2. The van der Waals surface area contributed by atoms with E-state index < -0.39 is 15.2 Å². The van der Waals surface area contributed by atoms with Crippen LogP contribution in [-0.2, 0) is 0 Å². The summed E-state index contributed by atoms with van der Waals surface area (Å²) in [6.07, 6.45) is 0. The predicted octanol–water partition coefficient (Wildman–Crippen LogP) is 9.33. The van der Waals surface area contributed by atoms with Crippen LogP contribution in [0.5, 0.6) is 0 Å². The molecule has 0 aromatic heterocycles. The molecule has 172 valence electrons. The van der Waals surface area contributed by atoms with E-state index in [0.29, 0.717) is 32.9 Å². The molecule has 0 N–H and O–H groups in total. The lowest BCUT2D eigenvalue weighted by molar-refractivity contribution is 0.555. The molecule has 0 aliphatic heterocycles. The molecule has 1 aromatic carbocycles. The molecule has 0 unspecified atom stereocenters.